The Hall–Kier alpha value is -6.85. The highest BCUT2D eigenvalue weighted by molar-refractivity contribution is 8.04. The number of hydrogen-bond donors (Lipinski definition) is 3. The van der Waals surface area contributed by atoms with E-state index in [-0.39, 0.29) is 31.7 Å². The van der Waals surface area contributed by atoms with E-state index in [2.05, 4.69) is 25.7 Å². The Balaban J connectivity index is 1.06. The largest absolute Gasteiger partial charge is 0.448 e. The van der Waals surface area contributed by atoms with Crippen LogP contribution < -0.4 is 16.8 Å². The monoisotopic (exact) mass is 924 g/mol. The molecule has 2 aliphatic heterocycles. The maximum absolute atomic E-state index is 14.7. The highest BCUT2D eigenvalue weighted by Gasteiger charge is 2.54. The lowest BCUT2D eigenvalue weighted by Gasteiger charge is -2.50. The fourth-order valence-corrected chi connectivity index (χ4v) is 10.7. The number of allylic oxidation sites excluding steroid dienone is 1. The standard InChI is InChI=1S/C47H37ClN8O5S3/c48-40-36(52-44(49)63-40)37(55-61-47(30-20-10-3-11-21-30,31-22-12-4-13-23-31)32-24-14-5-15-25-32)41(57)51-35-33-26-27-34(62-46-54-53-45(50)64-46)38(56(33)42(35)58)43(59)60-39(28-16-6-1-7-17-28)29-18-8-2-9-19-29/h1-25,33,35,39H,26-27H2,(H2,49,52)(H2,50,53)(H,51,57)/b55-37-/t33-,35?/m1/s1. The number of thioether (sulfide) groups is 1. The average molecular weight is 926 g/mol. The van der Waals surface area contributed by atoms with Gasteiger partial charge in [-0.1, -0.05) is 203 Å². The molecule has 0 aliphatic carbocycles. The summed E-state index contributed by atoms with van der Waals surface area (Å²) in [6.45, 7) is 0. The van der Waals surface area contributed by atoms with Crippen LogP contribution in [0.1, 0.15) is 52.5 Å². The van der Waals surface area contributed by atoms with E-state index in [1.807, 2.05) is 152 Å². The van der Waals surface area contributed by atoms with Gasteiger partial charge in [-0.2, -0.15) is 0 Å². The Kier molecular flexibility index (Phi) is 12.3. The molecule has 320 valence electrons. The molecule has 0 radical (unpaired) electrons. The van der Waals surface area contributed by atoms with Gasteiger partial charge in [-0.3, -0.25) is 14.5 Å². The molecule has 2 aromatic heterocycles. The number of carbonyl (C=O) groups excluding carboxylic acids is 3. The van der Waals surface area contributed by atoms with Crippen LogP contribution in [-0.2, 0) is 29.6 Å². The van der Waals surface area contributed by atoms with Crippen molar-refractivity contribution >= 4 is 79.8 Å². The number of nitrogens with one attached hydrogen (secondary N) is 1. The normalized spacial score (nSPS) is 16.2. The number of fused-ring (bicyclic) bond motifs is 1. The molecule has 5 aromatic carbocycles. The van der Waals surface area contributed by atoms with Gasteiger partial charge in [0.1, 0.15) is 21.8 Å². The van der Waals surface area contributed by atoms with E-state index >= 15 is 0 Å². The smallest absolute Gasteiger partial charge is 0.356 e. The molecule has 0 saturated carbocycles. The molecule has 0 bridgehead atoms. The van der Waals surface area contributed by atoms with Crippen LogP contribution in [0.3, 0.4) is 0 Å². The van der Waals surface area contributed by atoms with Crippen molar-refractivity contribution in [1.82, 2.24) is 25.4 Å². The van der Waals surface area contributed by atoms with Crippen molar-refractivity contribution in [2.24, 2.45) is 5.16 Å². The van der Waals surface area contributed by atoms with E-state index in [1.165, 1.54) is 16.7 Å². The molecule has 2 atom stereocenters. The molecule has 1 saturated heterocycles. The Morgan fingerprint density at radius 3 is 1.80 bits per heavy atom. The van der Waals surface area contributed by atoms with Crippen molar-refractivity contribution in [3.63, 3.8) is 0 Å². The van der Waals surface area contributed by atoms with E-state index in [9.17, 15) is 14.4 Å². The molecule has 0 spiro atoms. The number of nitrogens with zero attached hydrogens (tertiary/aromatic N) is 5. The number of nitrogen functional groups attached to an aromatic ring is 2. The number of hydrogen-bond acceptors (Lipinski definition) is 14. The number of esters is 1. The molecular formula is C47H37ClN8O5S3. The van der Waals surface area contributed by atoms with Gasteiger partial charge in [-0.05, 0) is 24.0 Å². The van der Waals surface area contributed by atoms with Crippen molar-refractivity contribution < 1.29 is 24.0 Å². The molecule has 1 unspecified atom stereocenters. The second kappa shape index (κ2) is 18.5. The molecule has 5 N–H and O–H groups in total. The zero-order valence-electron chi connectivity index (χ0n) is 33.6. The number of β-lactam (4-membered cyclic amide) rings is 1. The molecule has 7 aromatic rings. The summed E-state index contributed by atoms with van der Waals surface area (Å²) in [6.07, 6.45) is -0.0534. The molecule has 64 heavy (non-hydrogen) atoms. The Morgan fingerprint density at radius 2 is 1.31 bits per heavy atom. The van der Waals surface area contributed by atoms with Gasteiger partial charge in [0.2, 0.25) is 10.7 Å². The quantitative estimate of drug-likeness (QED) is 0.0313. The predicted octanol–water partition coefficient (Wildman–Crippen LogP) is 8.35. The third-order valence-electron chi connectivity index (χ3n) is 10.8. The number of aromatic nitrogens is 3. The van der Waals surface area contributed by atoms with E-state index < -0.39 is 41.6 Å². The van der Waals surface area contributed by atoms with Crippen molar-refractivity contribution in [2.45, 2.75) is 41.0 Å². The van der Waals surface area contributed by atoms with Crippen LogP contribution in [0.2, 0.25) is 4.34 Å². The van der Waals surface area contributed by atoms with E-state index in [0.29, 0.717) is 22.1 Å². The maximum Gasteiger partial charge on any atom is 0.356 e. The first-order valence-corrected chi connectivity index (χ1v) is 22.8. The van der Waals surface area contributed by atoms with Gasteiger partial charge in [0.05, 0.1) is 6.04 Å². The number of nitrogens with two attached hydrogens (primary N) is 2. The van der Waals surface area contributed by atoms with Gasteiger partial charge in [-0.25, -0.2) is 9.78 Å². The number of amides is 2. The first kappa shape index (κ1) is 42.5. The Morgan fingerprint density at radius 1 is 0.781 bits per heavy atom. The van der Waals surface area contributed by atoms with Crippen LogP contribution in [0.5, 0.6) is 0 Å². The molecule has 17 heteroatoms. The van der Waals surface area contributed by atoms with Crippen LogP contribution >= 0.6 is 46.0 Å². The highest BCUT2D eigenvalue weighted by atomic mass is 35.5. The summed E-state index contributed by atoms with van der Waals surface area (Å²) < 4.78 is 6.91. The van der Waals surface area contributed by atoms with Crippen LogP contribution in [0.4, 0.5) is 10.3 Å². The van der Waals surface area contributed by atoms with Crippen LogP contribution in [-0.4, -0.2) is 55.7 Å². The Labute approximate surface area is 384 Å². The van der Waals surface area contributed by atoms with E-state index in [0.717, 1.165) is 50.5 Å². The van der Waals surface area contributed by atoms with Gasteiger partial charge in [0.15, 0.2) is 21.3 Å². The van der Waals surface area contributed by atoms with Crippen LogP contribution in [0.15, 0.2) is 172 Å². The number of oxime groups is 1. The molecule has 1 fully saturated rings. The molecular weight excluding hydrogens is 888 g/mol. The number of halogens is 1. The number of ether oxygens (including phenoxy) is 1. The fourth-order valence-electron chi connectivity index (χ4n) is 7.89. The first-order valence-electron chi connectivity index (χ1n) is 20.0. The predicted molar refractivity (Wildman–Crippen MR) is 248 cm³/mol. The number of rotatable bonds is 14. The second-order valence-corrected chi connectivity index (χ2v) is 18.6. The van der Waals surface area contributed by atoms with Gasteiger partial charge >= 0.3 is 5.97 Å². The average Bonchev–Trinajstić information content (AvgIpc) is 3.91. The third-order valence-corrected chi connectivity index (χ3v) is 13.8. The minimum atomic E-state index is -1.36. The summed E-state index contributed by atoms with van der Waals surface area (Å²) in [6, 6.07) is 45.5. The lowest BCUT2D eigenvalue weighted by atomic mass is 9.80. The summed E-state index contributed by atoms with van der Waals surface area (Å²) in [5.74, 6) is -2.05. The van der Waals surface area contributed by atoms with Gasteiger partial charge in [-0.15, -0.1) is 10.2 Å². The molecule has 13 nitrogen and oxygen atoms in total. The van der Waals surface area contributed by atoms with Crippen LogP contribution in [0.25, 0.3) is 0 Å². The zero-order chi connectivity index (χ0) is 44.2. The summed E-state index contributed by atoms with van der Waals surface area (Å²) in [5, 5.41) is 15.9. The minimum absolute atomic E-state index is 0.0240. The van der Waals surface area contributed by atoms with Gasteiger partial charge in [0.25, 0.3) is 11.8 Å². The highest BCUT2D eigenvalue weighted by Crippen LogP contribution is 2.46. The summed E-state index contributed by atoms with van der Waals surface area (Å²) in [5.41, 5.74) is 14.0. The summed E-state index contributed by atoms with van der Waals surface area (Å²) >= 11 is 10.0. The first-order chi connectivity index (χ1) is 31.2. The van der Waals surface area contributed by atoms with Gasteiger partial charge in [0, 0.05) is 21.6 Å². The lowest BCUT2D eigenvalue weighted by molar-refractivity contribution is -0.158. The number of carbonyl (C=O) groups is 3. The Bertz CT molecular complexity index is 2730. The van der Waals surface area contributed by atoms with E-state index in [4.69, 9.17) is 32.6 Å². The van der Waals surface area contributed by atoms with E-state index in [1.54, 1.807) is 0 Å². The number of thiazole rings is 1. The maximum atomic E-state index is 14.7. The summed E-state index contributed by atoms with van der Waals surface area (Å²) in [7, 11) is 0. The van der Waals surface area contributed by atoms with Crippen LogP contribution in [0, 0.1) is 0 Å². The topological polar surface area (TPSA) is 188 Å². The second-order valence-electron chi connectivity index (χ2n) is 14.6. The molecule has 9 rings (SSSR count). The zero-order valence-corrected chi connectivity index (χ0v) is 36.8. The number of anilines is 2. The lowest BCUT2D eigenvalue weighted by Crippen LogP contribution is -2.72. The third kappa shape index (κ3) is 8.35. The number of benzene rings is 5. The molecule has 2 amide bonds. The van der Waals surface area contributed by atoms with Gasteiger partial charge < -0.3 is 26.4 Å². The molecule has 4 heterocycles. The molecule has 2 aliphatic rings. The fraction of sp³-hybridized carbons (Fsp3) is 0.128. The summed E-state index contributed by atoms with van der Waals surface area (Å²) in [4.78, 5) is 56.7. The van der Waals surface area contributed by atoms with Crippen molar-refractivity contribution in [1.29, 1.82) is 0 Å². The van der Waals surface area contributed by atoms with Crippen molar-refractivity contribution in [3.05, 3.63) is 200 Å². The van der Waals surface area contributed by atoms with Crippen molar-refractivity contribution in [2.75, 3.05) is 11.5 Å². The SMILES string of the molecule is Nc1nnc(SC2=C(C(=O)OC(c3ccccc3)c3ccccc3)N3C(=O)C(NC(=O)/C(=N\OC(c4ccccc4)(c4ccccc4)c4ccccc4)c4nc(N)sc4Cl)[C@H]3CC2)s1. The van der Waals surface area contributed by atoms with Crippen molar-refractivity contribution in [3.8, 4) is 0 Å². The minimum Gasteiger partial charge on any atom is -0.448 e.